The molecule has 116 valence electrons. The van der Waals surface area contributed by atoms with Crippen molar-refractivity contribution < 1.29 is 9.53 Å². The lowest BCUT2D eigenvalue weighted by atomic mass is 9.77. The highest BCUT2D eigenvalue weighted by Crippen LogP contribution is 2.34. The summed E-state index contributed by atoms with van der Waals surface area (Å²) in [4.78, 5) is 11.7. The molecule has 0 aliphatic heterocycles. The second-order valence-electron chi connectivity index (χ2n) is 6.20. The summed E-state index contributed by atoms with van der Waals surface area (Å²) >= 11 is 0. The van der Waals surface area contributed by atoms with Crippen molar-refractivity contribution in [2.24, 2.45) is 11.8 Å². The molecule has 21 heavy (non-hydrogen) atoms. The van der Waals surface area contributed by atoms with Crippen LogP contribution in [0.2, 0.25) is 0 Å². The number of nitrogens with one attached hydrogen (secondary N) is 1. The second kappa shape index (κ2) is 6.83. The fourth-order valence-electron chi connectivity index (χ4n) is 3.32. The van der Waals surface area contributed by atoms with E-state index in [4.69, 9.17) is 10.5 Å². The monoisotopic (exact) mass is 290 g/mol. The third-order valence-electron chi connectivity index (χ3n) is 4.53. The van der Waals surface area contributed by atoms with Gasteiger partial charge in [-0.05, 0) is 36.8 Å². The minimum Gasteiger partial charge on any atom is -0.465 e. The molecule has 4 heteroatoms. The first kappa shape index (κ1) is 15.7. The molecule has 0 spiro atoms. The van der Waals surface area contributed by atoms with Crippen molar-refractivity contribution in [2.45, 2.75) is 45.6 Å². The van der Waals surface area contributed by atoms with E-state index < -0.39 is 0 Å². The predicted octanol–water partition coefficient (Wildman–Crippen LogP) is 3.68. The van der Waals surface area contributed by atoms with Crippen LogP contribution in [0.15, 0.2) is 18.2 Å². The van der Waals surface area contributed by atoms with E-state index in [1.165, 1.54) is 26.4 Å². The molecule has 1 fully saturated rings. The zero-order valence-electron chi connectivity index (χ0n) is 13.2. The van der Waals surface area contributed by atoms with E-state index in [1.54, 1.807) is 6.07 Å². The first-order chi connectivity index (χ1) is 10.0. The molecular formula is C17H26N2O2. The quantitative estimate of drug-likeness (QED) is 0.656. The molecule has 0 bridgehead atoms. The van der Waals surface area contributed by atoms with Crippen molar-refractivity contribution in [2.75, 3.05) is 18.2 Å². The number of para-hydroxylation sites is 1. The molecule has 1 aliphatic carbocycles. The van der Waals surface area contributed by atoms with E-state index in [1.807, 2.05) is 12.1 Å². The highest BCUT2D eigenvalue weighted by molar-refractivity contribution is 5.98. The molecule has 0 saturated heterocycles. The molecule has 2 unspecified atom stereocenters. The Morgan fingerprint density at radius 2 is 2.05 bits per heavy atom. The molecule has 1 aromatic rings. The average Bonchev–Trinajstić information content (AvgIpc) is 2.49. The van der Waals surface area contributed by atoms with E-state index in [9.17, 15) is 4.79 Å². The fraction of sp³-hybridized carbons (Fsp3) is 0.588. The highest BCUT2D eigenvalue weighted by atomic mass is 16.5. The van der Waals surface area contributed by atoms with E-state index >= 15 is 0 Å². The number of benzene rings is 1. The number of carbonyl (C=O) groups is 1. The van der Waals surface area contributed by atoms with Gasteiger partial charge in [-0.2, -0.15) is 0 Å². The Labute approximate surface area is 127 Å². The van der Waals surface area contributed by atoms with Crippen LogP contribution in [0.3, 0.4) is 0 Å². The van der Waals surface area contributed by atoms with Crippen molar-refractivity contribution in [1.82, 2.24) is 0 Å². The fourth-order valence-corrected chi connectivity index (χ4v) is 3.32. The second-order valence-corrected chi connectivity index (χ2v) is 6.20. The molecule has 0 amide bonds. The minimum absolute atomic E-state index is 0.389. The van der Waals surface area contributed by atoms with Gasteiger partial charge in [0.05, 0.1) is 24.0 Å². The van der Waals surface area contributed by atoms with Gasteiger partial charge in [-0.25, -0.2) is 4.79 Å². The maximum atomic E-state index is 11.7. The zero-order chi connectivity index (χ0) is 15.4. The summed E-state index contributed by atoms with van der Waals surface area (Å²) in [7, 11) is 1.37. The van der Waals surface area contributed by atoms with Crippen molar-refractivity contribution in [1.29, 1.82) is 0 Å². The van der Waals surface area contributed by atoms with Crippen LogP contribution in [0.25, 0.3) is 0 Å². The maximum Gasteiger partial charge on any atom is 0.340 e. The smallest absolute Gasteiger partial charge is 0.340 e. The molecule has 1 aliphatic rings. The van der Waals surface area contributed by atoms with Gasteiger partial charge in [0.25, 0.3) is 0 Å². The topological polar surface area (TPSA) is 64.3 Å². The summed E-state index contributed by atoms with van der Waals surface area (Å²) in [5.41, 5.74) is 7.89. The lowest BCUT2D eigenvalue weighted by Crippen LogP contribution is -2.35. The summed E-state index contributed by atoms with van der Waals surface area (Å²) in [6, 6.07) is 5.91. The first-order valence-corrected chi connectivity index (χ1v) is 7.78. The molecule has 1 aromatic carbocycles. The van der Waals surface area contributed by atoms with Crippen LogP contribution in [0.4, 0.5) is 11.4 Å². The molecule has 4 nitrogen and oxygen atoms in total. The van der Waals surface area contributed by atoms with Crippen LogP contribution in [0.1, 0.15) is 49.9 Å². The summed E-state index contributed by atoms with van der Waals surface area (Å²) < 4.78 is 4.77. The number of rotatable bonds is 4. The lowest BCUT2D eigenvalue weighted by molar-refractivity contribution is 0.0602. The average molecular weight is 290 g/mol. The number of ether oxygens (including phenoxy) is 1. The Morgan fingerprint density at radius 3 is 2.71 bits per heavy atom. The molecular weight excluding hydrogens is 264 g/mol. The Morgan fingerprint density at radius 1 is 1.33 bits per heavy atom. The van der Waals surface area contributed by atoms with Crippen molar-refractivity contribution in [3.63, 3.8) is 0 Å². The van der Waals surface area contributed by atoms with Crippen LogP contribution < -0.4 is 11.1 Å². The number of nitrogen functional groups attached to an aromatic ring is 1. The normalized spacial score (nSPS) is 22.1. The molecule has 0 heterocycles. The van der Waals surface area contributed by atoms with Crippen LogP contribution in [-0.4, -0.2) is 19.1 Å². The highest BCUT2D eigenvalue weighted by Gasteiger charge is 2.28. The number of methoxy groups -OCH3 is 1. The number of hydrogen-bond donors (Lipinski definition) is 2. The van der Waals surface area contributed by atoms with Crippen molar-refractivity contribution in [3.05, 3.63) is 23.8 Å². The standard InChI is InChI=1S/C17H26N2O2/c1-11(2)12-7-4-5-9-14(12)19-15-10-6-8-13(16(15)18)17(20)21-3/h6,8,10-12,14,19H,4-5,7,9,18H2,1-3H3. The van der Waals surface area contributed by atoms with Crippen LogP contribution in [-0.2, 0) is 4.74 Å². The van der Waals surface area contributed by atoms with Crippen LogP contribution >= 0.6 is 0 Å². The predicted molar refractivity (Wildman–Crippen MR) is 86.4 cm³/mol. The number of hydrogen-bond acceptors (Lipinski definition) is 4. The minimum atomic E-state index is -0.389. The van der Waals surface area contributed by atoms with E-state index in [-0.39, 0.29) is 5.97 Å². The van der Waals surface area contributed by atoms with E-state index in [0.717, 1.165) is 12.1 Å². The number of carbonyl (C=O) groups excluding carboxylic acids is 1. The third kappa shape index (κ3) is 3.49. The van der Waals surface area contributed by atoms with Gasteiger partial charge >= 0.3 is 5.97 Å². The molecule has 0 radical (unpaired) electrons. The molecule has 2 rings (SSSR count). The summed E-state index contributed by atoms with van der Waals surface area (Å²) in [5, 5.41) is 3.57. The zero-order valence-corrected chi connectivity index (χ0v) is 13.2. The van der Waals surface area contributed by atoms with E-state index in [0.29, 0.717) is 29.1 Å². The van der Waals surface area contributed by atoms with Crippen molar-refractivity contribution >= 4 is 17.3 Å². The van der Waals surface area contributed by atoms with Gasteiger partial charge in [-0.1, -0.05) is 32.8 Å². The molecule has 2 atom stereocenters. The Bertz CT molecular complexity index is 500. The van der Waals surface area contributed by atoms with Gasteiger partial charge in [-0.3, -0.25) is 0 Å². The Kier molecular flexibility index (Phi) is 5.10. The van der Waals surface area contributed by atoms with Gasteiger partial charge in [0, 0.05) is 6.04 Å². The Hall–Kier alpha value is -1.71. The lowest BCUT2D eigenvalue weighted by Gasteiger charge is -2.36. The van der Waals surface area contributed by atoms with Crippen LogP contribution in [0.5, 0.6) is 0 Å². The van der Waals surface area contributed by atoms with E-state index in [2.05, 4.69) is 19.2 Å². The summed E-state index contributed by atoms with van der Waals surface area (Å²) in [5.74, 6) is 0.910. The summed E-state index contributed by atoms with van der Waals surface area (Å²) in [6.07, 6.45) is 4.97. The molecule has 1 saturated carbocycles. The summed E-state index contributed by atoms with van der Waals surface area (Å²) in [6.45, 7) is 4.55. The molecule has 0 aromatic heterocycles. The number of nitrogens with two attached hydrogens (primary N) is 1. The molecule has 3 N–H and O–H groups in total. The maximum absolute atomic E-state index is 11.7. The SMILES string of the molecule is COC(=O)c1cccc(NC2CCCCC2C(C)C)c1N. The first-order valence-electron chi connectivity index (χ1n) is 7.78. The van der Waals surface area contributed by atoms with Crippen LogP contribution in [0, 0.1) is 11.8 Å². The van der Waals surface area contributed by atoms with Gasteiger partial charge in [0.1, 0.15) is 0 Å². The number of esters is 1. The van der Waals surface area contributed by atoms with Gasteiger partial charge in [-0.15, -0.1) is 0 Å². The third-order valence-corrected chi connectivity index (χ3v) is 4.53. The van der Waals surface area contributed by atoms with Crippen molar-refractivity contribution in [3.8, 4) is 0 Å². The van der Waals surface area contributed by atoms with Gasteiger partial charge in [0.2, 0.25) is 0 Å². The van der Waals surface area contributed by atoms with Gasteiger partial charge in [0.15, 0.2) is 0 Å². The Balaban J connectivity index is 2.20. The van der Waals surface area contributed by atoms with Gasteiger partial charge < -0.3 is 15.8 Å². The largest absolute Gasteiger partial charge is 0.465 e. The number of anilines is 2.